The average molecular weight is 353 g/mol. The maximum Gasteiger partial charge on any atom is 0.0377 e. The third-order valence-electron chi connectivity index (χ3n) is 5.57. The summed E-state index contributed by atoms with van der Waals surface area (Å²) in [7, 11) is 2.00. The van der Waals surface area contributed by atoms with Crippen molar-refractivity contribution >= 4 is 21.6 Å². The lowest BCUT2D eigenvalue weighted by Crippen LogP contribution is -2.39. The van der Waals surface area contributed by atoms with Gasteiger partial charge in [0, 0.05) is 29.3 Å². The van der Waals surface area contributed by atoms with Gasteiger partial charge in [0.2, 0.25) is 0 Å². The third-order valence-corrected chi connectivity index (χ3v) is 6.26. The highest BCUT2D eigenvalue weighted by Gasteiger charge is 2.31. The van der Waals surface area contributed by atoms with Crippen molar-refractivity contribution in [2.75, 3.05) is 25.0 Å². The molecule has 1 aliphatic rings. The fraction of sp³-hybridized carbons (Fsp3) is 0.667. The van der Waals surface area contributed by atoms with Crippen molar-refractivity contribution in [3.63, 3.8) is 0 Å². The number of rotatable bonds is 5. The van der Waals surface area contributed by atoms with Gasteiger partial charge in [0.05, 0.1) is 0 Å². The molecule has 0 aromatic heterocycles. The van der Waals surface area contributed by atoms with Crippen LogP contribution in [0.1, 0.15) is 58.1 Å². The van der Waals surface area contributed by atoms with Gasteiger partial charge < -0.3 is 10.2 Å². The van der Waals surface area contributed by atoms with E-state index in [-0.39, 0.29) is 0 Å². The van der Waals surface area contributed by atoms with E-state index in [0.717, 1.165) is 0 Å². The van der Waals surface area contributed by atoms with E-state index in [4.69, 9.17) is 0 Å². The summed E-state index contributed by atoms with van der Waals surface area (Å²) in [6.45, 7) is 9.27. The minimum absolute atomic E-state index is 0.377. The second-order valence-electron chi connectivity index (χ2n) is 6.41. The van der Waals surface area contributed by atoms with E-state index in [1.807, 2.05) is 7.05 Å². The summed E-state index contributed by atoms with van der Waals surface area (Å²) in [4.78, 5) is 2.54. The molecule has 1 saturated heterocycles. The Morgan fingerprint density at radius 2 is 1.86 bits per heavy atom. The minimum Gasteiger partial charge on any atom is -0.371 e. The highest BCUT2D eigenvalue weighted by molar-refractivity contribution is 9.10. The van der Waals surface area contributed by atoms with E-state index < -0.39 is 0 Å². The Kier molecular flexibility index (Phi) is 5.73. The van der Waals surface area contributed by atoms with Gasteiger partial charge in [-0.1, -0.05) is 48.7 Å². The third kappa shape index (κ3) is 3.62. The molecule has 0 radical (unpaired) electrons. The Morgan fingerprint density at radius 1 is 1.24 bits per heavy atom. The van der Waals surface area contributed by atoms with Crippen molar-refractivity contribution in [3.8, 4) is 0 Å². The van der Waals surface area contributed by atoms with Gasteiger partial charge in [-0.15, -0.1) is 0 Å². The normalized spacial score (nSPS) is 19.6. The second-order valence-corrected chi connectivity index (χ2v) is 7.26. The molecule has 1 atom stereocenters. The predicted octanol–water partition coefficient (Wildman–Crippen LogP) is 5.14. The molecule has 0 aliphatic carbocycles. The van der Waals surface area contributed by atoms with Gasteiger partial charge in [-0.3, -0.25) is 0 Å². The highest BCUT2D eigenvalue weighted by atomic mass is 79.9. The molecule has 2 rings (SSSR count). The van der Waals surface area contributed by atoms with Gasteiger partial charge in [-0.25, -0.2) is 0 Å². The zero-order valence-electron chi connectivity index (χ0n) is 13.9. The van der Waals surface area contributed by atoms with Crippen LogP contribution in [0.15, 0.2) is 22.7 Å². The van der Waals surface area contributed by atoms with Crippen molar-refractivity contribution in [3.05, 3.63) is 28.2 Å². The average Bonchev–Trinajstić information content (AvgIpc) is 2.54. The molecular weight excluding hydrogens is 324 g/mol. The van der Waals surface area contributed by atoms with Crippen LogP contribution >= 0.6 is 15.9 Å². The Labute approximate surface area is 138 Å². The number of hydrogen-bond acceptors (Lipinski definition) is 2. The van der Waals surface area contributed by atoms with Crippen LogP contribution < -0.4 is 10.2 Å². The molecule has 0 spiro atoms. The summed E-state index contributed by atoms with van der Waals surface area (Å²) < 4.78 is 1.21. The molecule has 2 nitrogen and oxygen atoms in total. The molecule has 1 unspecified atom stereocenters. The molecule has 118 valence electrons. The van der Waals surface area contributed by atoms with Crippen molar-refractivity contribution in [2.45, 2.75) is 52.5 Å². The molecule has 0 amide bonds. The Morgan fingerprint density at radius 3 is 2.33 bits per heavy atom. The number of halogens is 1. The van der Waals surface area contributed by atoms with Crippen LogP contribution in [-0.2, 0) is 0 Å². The summed E-state index contributed by atoms with van der Waals surface area (Å²) in [6, 6.07) is 7.19. The molecular formula is C18H29BrN2. The smallest absolute Gasteiger partial charge is 0.0377 e. The van der Waals surface area contributed by atoms with E-state index in [1.165, 1.54) is 54.5 Å². The van der Waals surface area contributed by atoms with Gasteiger partial charge in [0.25, 0.3) is 0 Å². The maximum atomic E-state index is 3.74. The van der Waals surface area contributed by atoms with Crippen LogP contribution in [0.5, 0.6) is 0 Å². The van der Waals surface area contributed by atoms with Gasteiger partial charge in [-0.2, -0.15) is 0 Å². The van der Waals surface area contributed by atoms with Crippen molar-refractivity contribution in [2.24, 2.45) is 5.41 Å². The minimum atomic E-state index is 0.377. The Balaban J connectivity index is 2.09. The lowest BCUT2D eigenvalue weighted by atomic mass is 9.74. The number of hydrogen-bond donors (Lipinski definition) is 1. The topological polar surface area (TPSA) is 15.3 Å². The first-order valence-electron chi connectivity index (χ1n) is 8.27. The number of anilines is 1. The van der Waals surface area contributed by atoms with E-state index in [0.29, 0.717) is 11.5 Å². The van der Waals surface area contributed by atoms with Crippen molar-refractivity contribution < 1.29 is 0 Å². The zero-order valence-corrected chi connectivity index (χ0v) is 15.5. The van der Waals surface area contributed by atoms with Gasteiger partial charge in [0.1, 0.15) is 0 Å². The van der Waals surface area contributed by atoms with Crippen LogP contribution in [0.3, 0.4) is 0 Å². The highest BCUT2D eigenvalue weighted by Crippen LogP contribution is 2.39. The number of piperidine rings is 1. The van der Waals surface area contributed by atoms with Crippen LogP contribution in [0.4, 0.5) is 5.69 Å². The molecule has 0 saturated carbocycles. The molecule has 0 bridgehead atoms. The SMILES string of the molecule is CCC1(CC)CCN(c2ccc(C(C)NC)c(Br)c2)CC1. The van der Waals surface area contributed by atoms with Gasteiger partial charge in [-0.05, 0) is 49.9 Å². The molecule has 1 fully saturated rings. The van der Waals surface area contributed by atoms with Gasteiger partial charge in [0.15, 0.2) is 0 Å². The van der Waals surface area contributed by atoms with Crippen LogP contribution in [0.2, 0.25) is 0 Å². The van der Waals surface area contributed by atoms with Crippen LogP contribution in [-0.4, -0.2) is 20.1 Å². The van der Waals surface area contributed by atoms with Crippen LogP contribution in [0, 0.1) is 5.41 Å². The number of nitrogens with one attached hydrogen (secondary N) is 1. The lowest BCUT2D eigenvalue weighted by Gasteiger charge is -2.42. The summed E-state index contributed by atoms with van der Waals surface area (Å²) >= 11 is 3.74. The Hall–Kier alpha value is -0.540. The number of benzene rings is 1. The summed E-state index contributed by atoms with van der Waals surface area (Å²) in [5.41, 5.74) is 3.28. The van der Waals surface area contributed by atoms with E-state index in [9.17, 15) is 0 Å². The molecule has 21 heavy (non-hydrogen) atoms. The fourth-order valence-electron chi connectivity index (χ4n) is 3.42. The fourth-order valence-corrected chi connectivity index (χ4v) is 4.13. The van der Waals surface area contributed by atoms with Crippen molar-refractivity contribution in [1.82, 2.24) is 5.32 Å². The monoisotopic (exact) mass is 352 g/mol. The van der Waals surface area contributed by atoms with Crippen LogP contribution in [0.25, 0.3) is 0 Å². The van der Waals surface area contributed by atoms with E-state index in [1.54, 1.807) is 0 Å². The second kappa shape index (κ2) is 7.15. The first kappa shape index (κ1) is 16.8. The van der Waals surface area contributed by atoms with E-state index >= 15 is 0 Å². The van der Waals surface area contributed by atoms with Gasteiger partial charge >= 0.3 is 0 Å². The molecule has 1 aromatic carbocycles. The molecule has 1 aliphatic heterocycles. The predicted molar refractivity (Wildman–Crippen MR) is 96.1 cm³/mol. The summed E-state index contributed by atoms with van der Waals surface area (Å²) in [5.74, 6) is 0. The van der Waals surface area contributed by atoms with Crippen molar-refractivity contribution in [1.29, 1.82) is 0 Å². The summed E-state index contributed by atoms with van der Waals surface area (Å²) in [6.07, 6.45) is 5.29. The summed E-state index contributed by atoms with van der Waals surface area (Å²) in [5, 5.41) is 3.30. The standard InChI is InChI=1S/C18H29BrN2/c1-5-18(6-2)9-11-21(12-10-18)15-7-8-16(14(3)20-4)17(19)13-15/h7-8,13-14,20H,5-6,9-12H2,1-4H3. The Bertz CT molecular complexity index is 458. The first-order chi connectivity index (χ1) is 10.0. The first-order valence-corrected chi connectivity index (χ1v) is 9.06. The molecule has 1 heterocycles. The quantitative estimate of drug-likeness (QED) is 0.789. The number of nitrogens with zero attached hydrogens (tertiary/aromatic N) is 1. The molecule has 1 aromatic rings. The lowest BCUT2D eigenvalue weighted by molar-refractivity contribution is 0.199. The molecule has 3 heteroatoms. The largest absolute Gasteiger partial charge is 0.371 e. The molecule has 1 N–H and O–H groups in total. The zero-order chi connectivity index (χ0) is 15.5. The maximum absolute atomic E-state index is 3.74. The van der Waals surface area contributed by atoms with E-state index in [2.05, 4.69) is 65.1 Å².